The second-order valence-corrected chi connectivity index (χ2v) is 7.18. The Morgan fingerprint density at radius 3 is 2.79 bits per heavy atom. The molecule has 1 N–H and O–H groups in total. The van der Waals surface area contributed by atoms with E-state index in [1.807, 2.05) is 17.8 Å². The standard InChI is InChI=1S/C19H27FN4/c1-12(2)18-16(19(23(3)4)24(5)22-18)11-21-17-9-6-13-10-14(20)7-8-15(13)17/h7-8,10,12,17,21H,6,9,11H2,1-5H3/t17-/m0/s1. The van der Waals surface area contributed by atoms with Gasteiger partial charge in [-0.05, 0) is 42.0 Å². The molecule has 0 saturated carbocycles. The molecule has 0 fully saturated rings. The van der Waals surface area contributed by atoms with Crippen molar-refractivity contribution in [3.63, 3.8) is 0 Å². The van der Waals surface area contributed by atoms with E-state index in [1.54, 1.807) is 12.1 Å². The van der Waals surface area contributed by atoms with Crippen LogP contribution in [-0.4, -0.2) is 23.9 Å². The second kappa shape index (κ2) is 6.55. The maximum Gasteiger partial charge on any atom is 0.130 e. The molecule has 1 aliphatic rings. The molecule has 0 saturated heterocycles. The average molecular weight is 330 g/mol. The van der Waals surface area contributed by atoms with Crippen molar-refractivity contribution in [3.05, 3.63) is 46.4 Å². The van der Waals surface area contributed by atoms with E-state index in [1.165, 1.54) is 11.1 Å². The number of rotatable bonds is 5. The predicted molar refractivity (Wildman–Crippen MR) is 95.9 cm³/mol. The van der Waals surface area contributed by atoms with Crippen LogP contribution in [0.5, 0.6) is 0 Å². The third-order valence-electron chi connectivity index (χ3n) is 4.82. The molecule has 1 aliphatic carbocycles. The Hall–Kier alpha value is -1.88. The molecule has 0 unspecified atom stereocenters. The fraction of sp³-hybridized carbons (Fsp3) is 0.526. The molecule has 5 heteroatoms. The number of benzene rings is 1. The van der Waals surface area contributed by atoms with Gasteiger partial charge in [0.05, 0.1) is 5.69 Å². The lowest BCUT2D eigenvalue weighted by Crippen LogP contribution is -2.22. The minimum atomic E-state index is -0.140. The lowest BCUT2D eigenvalue weighted by molar-refractivity contribution is 0.527. The smallest absolute Gasteiger partial charge is 0.130 e. The van der Waals surface area contributed by atoms with Gasteiger partial charge in [-0.2, -0.15) is 5.10 Å². The van der Waals surface area contributed by atoms with Crippen LogP contribution in [-0.2, 0) is 20.0 Å². The number of nitrogens with zero attached hydrogens (tertiary/aromatic N) is 3. The maximum atomic E-state index is 13.4. The van der Waals surface area contributed by atoms with Crippen LogP contribution in [0.1, 0.15) is 54.6 Å². The topological polar surface area (TPSA) is 33.1 Å². The highest BCUT2D eigenvalue weighted by atomic mass is 19.1. The van der Waals surface area contributed by atoms with Crippen molar-refractivity contribution in [1.29, 1.82) is 0 Å². The first-order valence-electron chi connectivity index (χ1n) is 8.63. The van der Waals surface area contributed by atoms with Crippen LogP contribution < -0.4 is 10.2 Å². The number of hydrogen-bond acceptors (Lipinski definition) is 3. The molecule has 3 rings (SSSR count). The highest BCUT2D eigenvalue weighted by Gasteiger charge is 2.25. The number of aromatic nitrogens is 2. The predicted octanol–water partition coefficient (Wildman–Crippen LogP) is 3.53. The Kier molecular flexibility index (Phi) is 4.63. The Morgan fingerprint density at radius 1 is 1.38 bits per heavy atom. The van der Waals surface area contributed by atoms with Crippen molar-refractivity contribution < 1.29 is 4.39 Å². The lowest BCUT2D eigenvalue weighted by Gasteiger charge is -2.19. The van der Waals surface area contributed by atoms with E-state index in [0.717, 1.165) is 36.5 Å². The number of halogens is 1. The van der Waals surface area contributed by atoms with Crippen LogP contribution in [0.15, 0.2) is 18.2 Å². The first-order valence-corrected chi connectivity index (χ1v) is 8.63. The molecule has 130 valence electrons. The number of hydrogen-bond donors (Lipinski definition) is 1. The van der Waals surface area contributed by atoms with Crippen LogP contribution in [0, 0.1) is 5.82 Å². The van der Waals surface area contributed by atoms with Gasteiger partial charge in [-0.15, -0.1) is 0 Å². The summed E-state index contributed by atoms with van der Waals surface area (Å²) >= 11 is 0. The van der Waals surface area contributed by atoms with Gasteiger partial charge in [-0.25, -0.2) is 4.39 Å². The van der Waals surface area contributed by atoms with Crippen LogP contribution in [0.2, 0.25) is 0 Å². The van der Waals surface area contributed by atoms with E-state index < -0.39 is 0 Å². The fourth-order valence-corrected chi connectivity index (χ4v) is 3.80. The summed E-state index contributed by atoms with van der Waals surface area (Å²) in [6.45, 7) is 5.13. The van der Waals surface area contributed by atoms with E-state index in [0.29, 0.717) is 5.92 Å². The zero-order valence-electron chi connectivity index (χ0n) is 15.2. The zero-order valence-corrected chi connectivity index (χ0v) is 15.2. The van der Waals surface area contributed by atoms with Crippen molar-refractivity contribution in [2.75, 3.05) is 19.0 Å². The summed E-state index contributed by atoms with van der Waals surface area (Å²) in [5.41, 5.74) is 4.77. The minimum absolute atomic E-state index is 0.140. The third kappa shape index (κ3) is 3.05. The molecule has 0 amide bonds. The summed E-state index contributed by atoms with van der Waals surface area (Å²) in [6.07, 6.45) is 1.96. The third-order valence-corrected chi connectivity index (χ3v) is 4.82. The van der Waals surface area contributed by atoms with Gasteiger partial charge in [-0.1, -0.05) is 19.9 Å². The van der Waals surface area contributed by atoms with Crippen molar-refractivity contribution in [1.82, 2.24) is 15.1 Å². The SMILES string of the molecule is CC(C)c1nn(C)c(N(C)C)c1CN[C@H]1CCc2cc(F)ccc21. The Labute approximate surface area is 143 Å². The quantitative estimate of drug-likeness (QED) is 0.910. The molecule has 2 aromatic rings. The highest BCUT2D eigenvalue weighted by molar-refractivity contribution is 5.50. The first kappa shape index (κ1) is 17.0. The normalized spacial score (nSPS) is 16.7. The maximum absolute atomic E-state index is 13.4. The Bertz CT molecular complexity index is 733. The largest absolute Gasteiger partial charge is 0.363 e. The molecule has 0 bridgehead atoms. The van der Waals surface area contributed by atoms with Gasteiger partial charge in [0.25, 0.3) is 0 Å². The molecule has 1 aromatic carbocycles. The zero-order chi connectivity index (χ0) is 17.4. The van der Waals surface area contributed by atoms with Crippen molar-refractivity contribution in [3.8, 4) is 0 Å². The molecule has 0 spiro atoms. The summed E-state index contributed by atoms with van der Waals surface area (Å²) in [4.78, 5) is 2.12. The first-order chi connectivity index (χ1) is 11.4. The summed E-state index contributed by atoms with van der Waals surface area (Å²) in [5, 5.41) is 8.39. The monoisotopic (exact) mass is 330 g/mol. The van der Waals surface area contributed by atoms with Gasteiger partial charge in [0, 0.05) is 39.3 Å². The fourth-order valence-electron chi connectivity index (χ4n) is 3.80. The van der Waals surface area contributed by atoms with Gasteiger partial charge in [-0.3, -0.25) is 4.68 Å². The number of nitrogens with one attached hydrogen (secondary N) is 1. The summed E-state index contributed by atoms with van der Waals surface area (Å²) in [5.74, 6) is 1.38. The van der Waals surface area contributed by atoms with E-state index in [2.05, 4.69) is 38.2 Å². The summed E-state index contributed by atoms with van der Waals surface area (Å²) in [7, 11) is 6.11. The average Bonchev–Trinajstić information content (AvgIpc) is 3.05. The molecule has 24 heavy (non-hydrogen) atoms. The van der Waals surface area contributed by atoms with E-state index in [9.17, 15) is 4.39 Å². The lowest BCUT2D eigenvalue weighted by atomic mass is 10.0. The van der Waals surface area contributed by atoms with Crippen molar-refractivity contribution in [2.24, 2.45) is 7.05 Å². The summed E-state index contributed by atoms with van der Waals surface area (Å²) in [6, 6.07) is 5.45. The molecule has 4 nitrogen and oxygen atoms in total. The Balaban J connectivity index is 1.83. The minimum Gasteiger partial charge on any atom is -0.363 e. The van der Waals surface area contributed by atoms with Crippen molar-refractivity contribution in [2.45, 2.75) is 45.2 Å². The molecule has 0 radical (unpaired) electrons. The van der Waals surface area contributed by atoms with Gasteiger partial charge in [0.15, 0.2) is 0 Å². The molecular weight excluding hydrogens is 303 g/mol. The molecular formula is C19H27FN4. The second-order valence-electron chi connectivity index (χ2n) is 7.18. The van der Waals surface area contributed by atoms with Crippen LogP contribution in [0.4, 0.5) is 10.2 Å². The van der Waals surface area contributed by atoms with Gasteiger partial charge in [0.1, 0.15) is 11.6 Å². The molecule has 1 aromatic heterocycles. The van der Waals surface area contributed by atoms with Gasteiger partial charge >= 0.3 is 0 Å². The van der Waals surface area contributed by atoms with Crippen LogP contribution >= 0.6 is 0 Å². The van der Waals surface area contributed by atoms with Gasteiger partial charge < -0.3 is 10.2 Å². The van der Waals surface area contributed by atoms with E-state index in [-0.39, 0.29) is 11.9 Å². The van der Waals surface area contributed by atoms with Crippen LogP contribution in [0.25, 0.3) is 0 Å². The summed E-state index contributed by atoms with van der Waals surface area (Å²) < 4.78 is 15.4. The molecule has 1 atom stereocenters. The molecule has 1 heterocycles. The Morgan fingerprint density at radius 2 is 2.12 bits per heavy atom. The molecule has 0 aliphatic heterocycles. The number of aryl methyl sites for hydroxylation is 2. The van der Waals surface area contributed by atoms with Gasteiger partial charge in [0.2, 0.25) is 0 Å². The number of anilines is 1. The van der Waals surface area contributed by atoms with E-state index >= 15 is 0 Å². The van der Waals surface area contributed by atoms with E-state index in [4.69, 9.17) is 5.10 Å². The van der Waals surface area contributed by atoms with Crippen LogP contribution in [0.3, 0.4) is 0 Å². The number of fused-ring (bicyclic) bond motifs is 1. The highest BCUT2D eigenvalue weighted by Crippen LogP contribution is 2.33. The van der Waals surface area contributed by atoms with Crippen molar-refractivity contribution >= 4 is 5.82 Å².